The molecule has 0 aliphatic rings. The van der Waals surface area contributed by atoms with Gasteiger partial charge in [0, 0.05) is 30.4 Å². The summed E-state index contributed by atoms with van der Waals surface area (Å²) in [5.41, 5.74) is 3.60. The second-order valence-electron chi connectivity index (χ2n) is 5.96. The first-order valence-corrected chi connectivity index (χ1v) is 8.27. The van der Waals surface area contributed by atoms with Crippen LogP contribution in [0.1, 0.15) is 21.6 Å². The fourth-order valence-corrected chi connectivity index (χ4v) is 2.88. The summed E-state index contributed by atoms with van der Waals surface area (Å²) < 4.78 is 7.44. The van der Waals surface area contributed by atoms with Crippen molar-refractivity contribution in [3.63, 3.8) is 0 Å². The maximum Gasteiger partial charge on any atom is 0.366 e. The molecule has 0 saturated heterocycles. The molecule has 6 heteroatoms. The van der Waals surface area contributed by atoms with Gasteiger partial charge in [0.15, 0.2) is 11.3 Å². The lowest BCUT2D eigenvalue weighted by atomic mass is 10.0. The monoisotopic (exact) mass is 354 g/mol. The minimum absolute atomic E-state index is 0.150. The first-order chi connectivity index (χ1) is 13.2. The van der Waals surface area contributed by atoms with Crippen LogP contribution in [0.15, 0.2) is 67.3 Å². The molecule has 130 valence electrons. The molecule has 0 aliphatic carbocycles. The minimum Gasteiger partial charge on any atom is -0.421 e. The normalized spacial score (nSPS) is 10.5. The van der Waals surface area contributed by atoms with Gasteiger partial charge < -0.3 is 9.14 Å². The van der Waals surface area contributed by atoms with Gasteiger partial charge in [0.2, 0.25) is 0 Å². The van der Waals surface area contributed by atoms with Gasteiger partial charge in [-0.15, -0.1) is 0 Å². The van der Waals surface area contributed by atoms with Crippen LogP contribution in [0.3, 0.4) is 0 Å². The van der Waals surface area contributed by atoms with Crippen LogP contribution < -0.4 is 4.74 Å². The molecule has 4 rings (SSSR count). The third-order valence-corrected chi connectivity index (χ3v) is 4.24. The Morgan fingerprint density at radius 1 is 1.07 bits per heavy atom. The standard InChI is InChI=1S/C21H14N4O2/c1-14-3-2-4-17(16-7-5-15(13-22)6-8-16)19(14)27-21(26)18-20-24-10-12-25(20)11-9-23-18/h2-12H,1H3. The Bertz CT molecular complexity index is 1190. The van der Waals surface area contributed by atoms with Crippen LogP contribution in [0.25, 0.3) is 16.8 Å². The maximum atomic E-state index is 12.8. The van der Waals surface area contributed by atoms with Crippen LogP contribution in [0.2, 0.25) is 0 Å². The third kappa shape index (κ3) is 3.02. The number of benzene rings is 2. The molecule has 2 aromatic heterocycles. The molecule has 0 atom stereocenters. The van der Waals surface area contributed by atoms with E-state index >= 15 is 0 Å². The summed E-state index contributed by atoms with van der Waals surface area (Å²) in [6.07, 6.45) is 6.59. The van der Waals surface area contributed by atoms with Crippen LogP contribution in [0.5, 0.6) is 5.75 Å². The Balaban J connectivity index is 1.74. The van der Waals surface area contributed by atoms with Gasteiger partial charge in [0.25, 0.3) is 0 Å². The van der Waals surface area contributed by atoms with Crippen LogP contribution in [-0.4, -0.2) is 20.3 Å². The summed E-state index contributed by atoms with van der Waals surface area (Å²) in [4.78, 5) is 21.1. The molecule has 0 radical (unpaired) electrons. The molecule has 0 N–H and O–H groups in total. The van der Waals surface area contributed by atoms with Crippen LogP contribution in [-0.2, 0) is 0 Å². The number of para-hydroxylation sites is 1. The topological polar surface area (TPSA) is 80.3 Å². The Hall–Kier alpha value is -3.98. The number of carbonyl (C=O) groups excluding carboxylic acids is 1. The zero-order valence-corrected chi connectivity index (χ0v) is 14.5. The first-order valence-electron chi connectivity index (χ1n) is 8.27. The van der Waals surface area contributed by atoms with E-state index in [9.17, 15) is 4.79 Å². The van der Waals surface area contributed by atoms with E-state index in [1.165, 1.54) is 6.20 Å². The quantitative estimate of drug-likeness (QED) is 0.413. The molecular weight excluding hydrogens is 340 g/mol. The molecule has 27 heavy (non-hydrogen) atoms. The predicted molar refractivity (Wildman–Crippen MR) is 99.3 cm³/mol. The fraction of sp³-hybridized carbons (Fsp3) is 0.0476. The van der Waals surface area contributed by atoms with Crippen molar-refractivity contribution in [1.82, 2.24) is 14.4 Å². The summed E-state index contributed by atoms with van der Waals surface area (Å²) >= 11 is 0. The summed E-state index contributed by atoms with van der Waals surface area (Å²) in [7, 11) is 0. The molecule has 2 aromatic carbocycles. The molecule has 0 fully saturated rings. The van der Waals surface area contributed by atoms with Crippen LogP contribution in [0, 0.1) is 18.3 Å². The van der Waals surface area contributed by atoms with E-state index in [0.29, 0.717) is 17.0 Å². The second kappa shape index (κ2) is 6.73. The minimum atomic E-state index is -0.573. The molecule has 0 saturated carbocycles. The van der Waals surface area contributed by atoms with Gasteiger partial charge in [-0.3, -0.25) is 0 Å². The van der Waals surface area contributed by atoms with Crippen LogP contribution >= 0.6 is 0 Å². The highest BCUT2D eigenvalue weighted by Crippen LogP contribution is 2.33. The van der Waals surface area contributed by atoms with Gasteiger partial charge in [-0.05, 0) is 30.2 Å². The summed E-state index contributed by atoms with van der Waals surface area (Å²) in [5.74, 6) is -0.112. The number of esters is 1. The van der Waals surface area contributed by atoms with E-state index in [1.807, 2.05) is 37.3 Å². The summed E-state index contributed by atoms with van der Waals surface area (Å²) in [6, 6.07) is 14.9. The number of ether oxygens (including phenoxy) is 1. The number of nitriles is 1. The Labute approximate surface area is 155 Å². The van der Waals surface area contributed by atoms with Crippen molar-refractivity contribution in [2.45, 2.75) is 6.92 Å². The van der Waals surface area contributed by atoms with Crippen molar-refractivity contribution in [1.29, 1.82) is 5.26 Å². The fourth-order valence-electron chi connectivity index (χ4n) is 2.88. The molecule has 0 unspecified atom stereocenters. The van der Waals surface area contributed by atoms with Crippen molar-refractivity contribution < 1.29 is 9.53 Å². The number of fused-ring (bicyclic) bond motifs is 1. The Morgan fingerprint density at radius 2 is 1.81 bits per heavy atom. The molecule has 6 nitrogen and oxygen atoms in total. The van der Waals surface area contributed by atoms with Crippen molar-refractivity contribution in [2.24, 2.45) is 0 Å². The van der Waals surface area contributed by atoms with E-state index < -0.39 is 5.97 Å². The molecule has 2 heterocycles. The molecular formula is C21H14N4O2. The SMILES string of the molecule is Cc1cccc(-c2ccc(C#N)cc2)c1OC(=O)c1nccn2ccnc12. The number of aryl methyl sites for hydroxylation is 1. The highest BCUT2D eigenvalue weighted by atomic mass is 16.5. The lowest BCUT2D eigenvalue weighted by Crippen LogP contribution is -2.13. The van der Waals surface area contributed by atoms with E-state index in [2.05, 4.69) is 16.0 Å². The summed E-state index contributed by atoms with van der Waals surface area (Å²) in [6.45, 7) is 1.87. The zero-order valence-electron chi connectivity index (χ0n) is 14.5. The maximum absolute atomic E-state index is 12.8. The average Bonchev–Trinajstić information content (AvgIpc) is 3.18. The zero-order chi connectivity index (χ0) is 18.8. The highest BCUT2D eigenvalue weighted by molar-refractivity contribution is 5.96. The highest BCUT2D eigenvalue weighted by Gasteiger charge is 2.19. The molecule has 0 aliphatic heterocycles. The number of aromatic nitrogens is 3. The van der Waals surface area contributed by atoms with E-state index in [0.717, 1.165) is 16.7 Å². The Kier molecular flexibility index (Phi) is 4.11. The van der Waals surface area contributed by atoms with Gasteiger partial charge in [-0.1, -0.05) is 30.3 Å². The Morgan fingerprint density at radius 3 is 2.56 bits per heavy atom. The van der Waals surface area contributed by atoms with Gasteiger partial charge >= 0.3 is 5.97 Å². The molecule has 0 spiro atoms. The first kappa shape index (κ1) is 16.5. The summed E-state index contributed by atoms with van der Waals surface area (Å²) in [5, 5.41) is 8.98. The molecule has 0 amide bonds. The second-order valence-corrected chi connectivity index (χ2v) is 5.96. The van der Waals surface area contributed by atoms with Crippen molar-refractivity contribution in [3.8, 4) is 22.9 Å². The van der Waals surface area contributed by atoms with Crippen molar-refractivity contribution in [3.05, 3.63) is 84.1 Å². The smallest absolute Gasteiger partial charge is 0.366 e. The van der Waals surface area contributed by atoms with E-state index in [-0.39, 0.29) is 5.69 Å². The van der Waals surface area contributed by atoms with Crippen LogP contribution in [0.4, 0.5) is 0 Å². The number of carbonyl (C=O) groups is 1. The number of hydrogen-bond acceptors (Lipinski definition) is 5. The van der Waals surface area contributed by atoms with Gasteiger partial charge in [-0.25, -0.2) is 14.8 Å². The predicted octanol–water partition coefficient (Wildman–Crippen LogP) is 3.80. The van der Waals surface area contributed by atoms with Gasteiger partial charge in [0.1, 0.15) is 5.75 Å². The van der Waals surface area contributed by atoms with Crippen molar-refractivity contribution >= 4 is 11.6 Å². The molecule has 4 aromatic rings. The average molecular weight is 354 g/mol. The van der Waals surface area contributed by atoms with Gasteiger partial charge in [-0.2, -0.15) is 5.26 Å². The largest absolute Gasteiger partial charge is 0.421 e. The van der Waals surface area contributed by atoms with E-state index in [4.69, 9.17) is 10.00 Å². The number of hydrogen-bond donors (Lipinski definition) is 0. The number of imidazole rings is 1. The lowest BCUT2D eigenvalue weighted by molar-refractivity contribution is 0.0729. The number of nitrogens with zero attached hydrogens (tertiary/aromatic N) is 4. The van der Waals surface area contributed by atoms with Gasteiger partial charge in [0.05, 0.1) is 11.6 Å². The third-order valence-electron chi connectivity index (χ3n) is 4.24. The van der Waals surface area contributed by atoms with E-state index in [1.54, 1.807) is 35.1 Å². The lowest BCUT2D eigenvalue weighted by Gasteiger charge is -2.13. The van der Waals surface area contributed by atoms with Crippen molar-refractivity contribution in [2.75, 3.05) is 0 Å². The molecule has 0 bridgehead atoms. The number of rotatable bonds is 3.